The van der Waals surface area contributed by atoms with Crippen LogP contribution in [0.2, 0.25) is 10.0 Å². The molecule has 0 aliphatic rings. The summed E-state index contributed by atoms with van der Waals surface area (Å²) in [5.74, 6) is -0.684. The van der Waals surface area contributed by atoms with E-state index in [9.17, 15) is 9.59 Å². The molecule has 0 spiro atoms. The third kappa shape index (κ3) is 4.23. The van der Waals surface area contributed by atoms with E-state index < -0.39 is 0 Å². The van der Waals surface area contributed by atoms with Crippen LogP contribution in [0.1, 0.15) is 15.9 Å². The van der Waals surface area contributed by atoms with Gasteiger partial charge in [0.2, 0.25) is 5.91 Å². The second-order valence-electron chi connectivity index (χ2n) is 4.67. The molecule has 2 aromatic rings. The van der Waals surface area contributed by atoms with Gasteiger partial charge in [-0.05, 0) is 36.8 Å². The summed E-state index contributed by atoms with van der Waals surface area (Å²) in [4.78, 5) is 23.9. The highest BCUT2D eigenvalue weighted by atomic mass is 35.5. The maximum atomic E-state index is 12.0. The molecular weight excluding hydrogens is 323 g/mol. The fourth-order valence-corrected chi connectivity index (χ4v) is 2.21. The summed E-state index contributed by atoms with van der Waals surface area (Å²) in [6, 6.07) is 11.9. The Bertz CT molecular complexity index is 717. The lowest BCUT2D eigenvalue weighted by Gasteiger charge is -2.09. The van der Waals surface area contributed by atoms with E-state index in [-0.39, 0.29) is 18.4 Å². The number of aryl methyl sites for hydroxylation is 1. The quantitative estimate of drug-likeness (QED) is 0.894. The number of carbonyl (C=O) groups excluding carboxylic acids is 2. The van der Waals surface area contributed by atoms with Crippen molar-refractivity contribution in [2.24, 2.45) is 0 Å². The van der Waals surface area contributed by atoms with E-state index in [2.05, 4.69) is 10.6 Å². The van der Waals surface area contributed by atoms with Crippen molar-refractivity contribution in [2.75, 3.05) is 11.9 Å². The molecule has 0 saturated carbocycles. The lowest BCUT2D eigenvalue weighted by atomic mass is 10.1. The summed E-state index contributed by atoms with van der Waals surface area (Å²) in [7, 11) is 0. The molecule has 0 fully saturated rings. The first kappa shape index (κ1) is 16.3. The topological polar surface area (TPSA) is 58.2 Å². The second-order valence-corrected chi connectivity index (χ2v) is 5.51. The summed E-state index contributed by atoms with van der Waals surface area (Å²) in [5, 5.41) is 6.01. The minimum absolute atomic E-state index is 0.157. The van der Waals surface area contributed by atoms with E-state index in [1.165, 1.54) is 0 Å². The summed E-state index contributed by atoms with van der Waals surface area (Å²) < 4.78 is 0. The van der Waals surface area contributed by atoms with Crippen LogP contribution in [0.3, 0.4) is 0 Å². The number of halogens is 2. The van der Waals surface area contributed by atoms with Gasteiger partial charge in [0.25, 0.3) is 5.91 Å². The van der Waals surface area contributed by atoms with Crippen LogP contribution in [0, 0.1) is 6.92 Å². The first-order chi connectivity index (χ1) is 10.5. The fraction of sp³-hybridized carbons (Fsp3) is 0.125. The molecular formula is C16H14Cl2N2O2. The molecule has 2 amide bonds. The predicted octanol–water partition coefficient (Wildman–Crippen LogP) is 3.67. The van der Waals surface area contributed by atoms with E-state index in [0.717, 1.165) is 5.56 Å². The molecule has 0 aliphatic carbocycles. The number of amides is 2. The molecule has 0 radical (unpaired) electrons. The van der Waals surface area contributed by atoms with Crippen molar-refractivity contribution in [2.45, 2.75) is 6.92 Å². The molecule has 114 valence electrons. The highest BCUT2D eigenvalue weighted by Crippen LogP contribution is 2.25. The molecule has 2 N–H and O–H groups in total. The maximum absolute atomic E-state index is 12.0. The first-order valence-electron chi connectivity index (χ1n) is 6.56. The number of anilines is 1. The lowest BCUT2D eigenvalue weighted by molar-refractivity contribution is -0.115. The number of carbonyl (C=O) groups is 2. The zero-order chi connectivity index (χ0) is 16.1. The normalized spacial score (nSPS) is 10.1. The lowest BCUT2D eigenvalue weighted by Crippen LogP contribution is -2.33. The Morgan fingerprint density at radius 3 is 2.55 bits per heavy atom. The van der Waals surface area contributed by atoms with Gasteiger partial charge in [-0.15, -0.1) is 0 Å². The van der Waals surface area contributed by atoms with Gasteiger partial charge in [0.15, 0.2) is 0 Å². The molecule has 0 atom stereocenters. The molecule has 0 aliphatic heterocycles. The summed E-state index contributed by atoms with van der Waals surface area (Å²) in [6.07, 6.45) is 0. The van der Waals surface area contributed by atoms with Crippen molar-refractivity contribution in [1.29, 1.82) is 0 Å². The van der Waals surface area contributed by atoms with E-state index in [0.29, 0.717) is 21.3 Å². The number of rotatable bonds is 4. The zero-order valence-electron chi connectivity index (χ0n) is 11.8. The van der Waals surface area contributed by atoms with E-state index >= 15 is 0 Å². The monoisotopic (exact) mass is 336 g/mol. The van der Waals surface area contributed by atoms with Crippen LogP contribution in [-0.4, -0.2) is 18.4 Å². The standard InChI is InChI=1S/C16H14Cl2N2O2/c1-10-4-2-3-5-12(10)16(22)19-9-15(21)20-14-8-11(17)6-7-13(14)18/h2-8H,9H2,1H3,(H,19,22)(H,20,21). The Balaban J connectivity index is 1.94. The summed E-state index contributed by atoms with van der Waals surface area (Å²) in [6.45, 7) is 1.68. The Hall–Kier alpha value is -2.04. The van der Waals surface area contributed by atoms with Crippen molar-refractivity contribution in [3.63, 3.8) is 0 Å². The van der Waals surface area contributed by atoms with Crippen molar-refractivity contribution in [3.05, 3.63) is 63.6 Å². The fourth-order valence-electron chi connectivity index (χ4n) is 1.87. The van der Waals surface area contributed by atoms with Gasteiger partial charge >= 0.3 is 0 Å². The molecule has 2 rings (SSSR count). The predicted molar refractivity (Wildman–Crippen MR) is 88.6 cm³/mol. The number of hydrogen-bond donors (Lipinski definition) is 2. The zero-order valence-corrected chi connectivity index (χ0v) is 13.3. The van der Waals surface area contributed by atoms with Gasteiger partial charge in [0, 0.05) is 10.6 Å². The summed E-state index contributed by atoms with van der Waals surface area (Å²) in [5.41, 5.74) is 1.79. The molecule has 4 nitrogen and oxygen atoms in total. The Labute approximate surface area is 138 Å². The second kappa shape index (κ2) is 7.29. The van der Waals surface area contributed by atoms with E-state index in [1.54, 1.807) is 30.3 Å². The van der Waals surface area contributed by atoms with E-state index in [4.69, 9.17) is 23.2 Å². The smallest absolute Gasteiger partial charge is 0.251 e. The van der Waals surface area contributed by atoms with Crippen molar-refractivity contribution in [1.82, 2.24) is 5.32 Å². The van der Waals surface area contributed by atoms with E-state index in [1.807, 2.05) is 19.1 Å². The third-order valence-corrected chi connectivity index (χ3v) is 3.57. The largest absolute Gasteiger partial charge is 0.343 e. The van der Waals surface area contributed by atoms with Crippen LogP contribution < -0.4 is 10.6 Å². The van der Waals surface area contributed by atoms with Crippen molar-refractivity contribution >= 4 is 40.7 Å². The van der Waals surface area contributed by atoms with Gasteiger partial charge in [0.05, 0.1) is 17.3 Å². The molecule has 22 heavy (non-hydrogen) atoms. The Morgan fingerprint density at radius 2 is 1.82 bits per heavy atom. The molecule has 2 aromatic carbocycles. The Kier molecular flexibility index (Phi) is 5.41. The average molecular weight is 337 g/mol. The highest BCUT2D eigenvalue weighted by molar-refractivity contribution is 6.35. The minimum Gasteiger partial charge on any atom is -0.343 e. The number of benzene rings is 2. The van der Waals surface area contributed by atoms with Crippen LogP contribution in [0.15, 0.2) is 42.5 Å². The maximum Gasteiger partial charge on any atom is 0.251 e. The van der Waals surface area contributed by atoms with Crippen LogP contribution in [-0.2, 0) is 4.79 Å². The van der Waals surface area contributed by atoms with Gasteiger partial charge in [0.1, 0.15) is 0 Å². The molecule has 6 heteroatoms. The molecule has 0 aromatic heterocycles. The van der Waals surface area contributed by atoms with Crippen molar-refractivity contribution < 1.29 is 9.59 Å². The van der Waals surface area contributed by atoms with Crippen LogP contribution in [0.4, 0.5) is 5.69 Å². The molecule has 0 saturated heterocycles. The molecule has 0 unspecified atom stereocenters. The van der Waals surface area contributed by atoms with Crippen LogP contribution in [0.25, 0.3) is 0 Å². The SMILES string of the molecule is Cc1ccccc1C(=O)NCC(=O)Nc1cc(Cl)ccc1Cl. The first-order valence-corrected chi connectivity index (χ1v) is 7.31. The average Bonchev–Trinajstić information content (AvgIpc) is 2.49. The highest BCUT2D eigenvalue weighted by Gasteiger charge is 2.11. The van der Waals surface area contributed by atoms with Crippen molar-refractivity contribution in [3.8, 4) is 0 Å². The number of hydrogen-bond acceptors (Lipinski definition) is 2. The Morgan fingerprint density at radius 1 is 1.09 bits per heavy atom. The number of nitrogens with one attached hydrogen (secondary N) is 2. The minimum atomic E-state index is -0.383. The third-order valence-electron chi connectivity index (χ3n) is 3.00. The summed E-state index contributed by atoms with van der Waals surface area (Å²) >= 11 is 11.8. The van der Waals surface area contributed by atoms with Gasteiger partial charge in [-0.3, -0.25) is 9.59 Å². The molecule has 0 bridgehead atoms. The van der Waals surface area contributed by atoms with Gasteiger partial charge in [-0.2, -0.15) is 0 Å². The van der Waals surface area contributed by atoms with Gasteiger partial charge in [-0.1, -0.05) is 41.4 Å². The van der Waals surface area contributed by atoms with Gasteiger partial charge in [-0.25, -0.2) is 0 Å². The molecule has 0 heterocycles. The van der Waals surface area contributed by atoms with Crippen LogP contribution >= 0.6 is 23.2 Å². The van der Waals surface area contributed by atoms with Crippen LogP contribution in [0.5, 0.6) is 0 Å². The van der Waals surface area contributed by atoms with Gasteiger partial charge < -0.3 is 10.6 Å².